The number of para-hydroxylation sites is 3. The van der Waals surface area contributed by atoms with E-state index < -0.39 is 0 Å². The van der Waals surface area contributed by atoms with Gasteiger partial charge in [-0.3, -0.25) is 0 Å². The van der Waals surface area contributed by atoms with Crippen molar-refractivity contribution in [3.8, 4) is 39.1 Å². The Bertz CT molecular complexity index is 3920. The molecule has 0 N–H and O–H groups in total. The number of hydrogen-bond donors (Lipinski definition) is 0. The molecule has 3 heteroatoms. The van der Waals surface area contributed by atoms with E-state index in [0.717, 1.165) is 61.4 Å². The highest BCUT2D eigenvalue weighted by molar-refractivity contribution is 6.18. The van der Waals surface area contributed by atoms with Crippen molar-refractivity contribution >= 4 is 82.4 Å². The van der Waals surface area contributed by atoms with Gasteiger partial charge in [0.15, 0.2) is 0 Å². The van der Waals surface area contributed by atoms with Crippen LogP contribution in [0.2, 0.25) is 0 Å². The maximum absolute atomic E-state index is 6.88. The summed E-state index contributed by atoms with van der Waals surface area (Å²) in [7, 11) is 0. The Balaban J connectivity index is 0.977. The molecule has 13 aromatic rings. The zero-order chi connectivity index (χ0) is 42.8. The lowest BCUT2D eigenvalue weighted by Crippen LogP contribution is -2.10. The van der Waals surface area contributed by atoms with Crippen molar-refractivity contribution in [1.29, 1.82) is 0 Å². The van der Waals surface area contributed by atoms with E-state index in [1.807, 2.05) is 0 Å². The minimum atomic E-state index is 0.862. The molecule has 304 valence electrons. The highest BCUT2D eigenvalue weighted by Crippen LogP contribution is 2.47. The molecule has 0 aliphatic rings. The first-order valence-electron chi connectivity index (χ1n) is 22.2. The molecule has 0 bridgehead atoms. The molecule has 0 spiro atoms. The molecule has 13 rings (SSSR count). The second-order valence-electron chi connectivity index (χ2n) is 16.9. The Labute approximate surface area is 376 Å². The van der Waals surface area contributed by atoms with Crippen molar-refractivity contribution in [1.82, 2.24) is 4.57 Å². The minimum Gasteiger partial charge on any atom is -0.455 e. The van der Waals surface area contributed by atoms with Gasteiger partial charge in [-0.05, 0) is 122 Å². The van der Waals surface area contributed by atoms with Gasteiger partial charge in [-0.15, -0.1) is 0 Å². The highest BCUT2D eigenvalue weighted by atomic mass is 16.3. The van der Waals surface area contributed by atoms with Gasteiger partial charge in [0.25, 0.3) is 0 Å². The first-order chi connectivity index (χ1) is 32.2. The SMILES string of the molecule is c1ccc(-c2ccc(-c3ccc(N(c4ccc(-c5ccc6c(c5)c5ccccc5n6-c5ccccc5)cc4)c4ccc5c(ccc6ccccc65)c4)c4c3oc3ccccc34)cc2)cc1. The minimum absolute atomic E-state index is 0.862. The van der Waals surface area contributed by atoms with Crippen LogP contribution in [0, 0.1) is 0 Å². The number of hydrogen-bond acceptors (Lipinski definition) is 2. The molecule has 0 aliphatic carbocycles. The summed E-state index contributed by atoms with van der Waals surface area (Å²) >= 11 is 0. The van der Waals surface area contributed by atoms with Crippen LogP contribution < -0.4 is 4.90 Å². The van der Waals surface area contributed by atoms with Gasteiger partial charge in [-0.2, -0.15) is 0 Å². The molecular weight excluding hydrogens is 789 g/mol. The molecule has 0 saturated heterocycles. The second kappa shape index (κ2) is 15.0. The smallest absolute Gasteiger partial charge is 0.145 e. The van der Waals surface area contributed by atoms with E-state index in [9.17, 15) is 0 Å². The van der Waals surface area contributed by atoms with Gasteiger partial charge in [0.2, 0.25) is 0 Å². The van der Waals surface area contributed by atoms with Crippen molar-refractivity contribution in [3.63, 3.8) is 0 Å². The van der Waals surface area contributed by atoms with Crippen LogP contribution in [0.15, 0.2) is 247 Å². The Kier molecular flexibility index (Phi) is 8.53. The summed E-state index contributed by atoms with van der Waals surface area (Å²) < 4.78 is 9.25. The lowest BCUT2D eigenvalue weighted by Gasteiger charge is -2.27. The van der Waals surface area contributed by atoms with E-state index >= 15 is 0 Å². The maximum Gasteiger partial charge on any atom is 0.145 e. The number of nitrogens with zero attached hydrogens (tertiary/aromatic N) is 2. The van der Waals surface area contributed by atoms with E-state index in [1.165, 1.54) is 60.0 Å². The molecular formula is C62H40N2O. The molecule has 0 unspecified atom stereocenters. The first-order valence-corrected chi connectivity index (χ1v) is 22.2. The average molecular weight is 829 g/mol. The van der Waals surface area contributed by atoms with Crippen molar-refractivity contribution in [2.45, 2.75) is 0 Å². The zero-order valence-electron chi connectivity index (χ0n) is 35.4. The molecule has 0 radical (unpaired) electrons. The van der Waals surface area contributed by atoms with E-state index in [1.54, 1.807) is 0 Å². The molecule has 2 heterocycles. The van der Waals surface area contributed by atoms with Crippen LogP contribution in [0.5, 0.6) is 0 Å². The van der Waals surface area contributed by atoms with Gasteiger partial charge in [0.1, 0.15) is 11.2 Å². The monoisotopic (exact) mass is 828 g/mol. The summed E-state index contributed by atoms with van der Waals surface area (Å²) in [4.78, 5) is 2.40. The van der Waals surface area contributed by atoms with Gasteiger partial charge in [0, 0.05) is 38.8 Å². The summed E-state index contributed by atoms with van der Waals surface area (Å²) in [5.41, 5.74) is 15.4. The third-order valence-electron chi connectivity index (χ3n) is 13.2. The third kappa shape index (κ3) is 6.12. The molecule has 11 aromatic carbocycles. The molecule has 0 aliphatic heterocycles. The predicted octanol–water partition coefficient (Wildman–Crippen LogP) is 17.5. The van der Waals surface area contributed by atoms with Crippen molar-refractivity contribution < 1.29 is 4.42 Å². The average Bonchev–Trinajstić information content (AvgIpc) is 3.94. The summed E-state index contributed by atoms with van der Waals surface area (Å²) in [6.07, 6.45) is 0. The summed E-state index contributed by atoms with van der Waals surface area (Å²) in [5, 5.41) is 9.55. The molecule has 65 heavy (non-hydrogen) atoms. The van der Waals surface area contributed by atoms with Crippen LogP contribution in [0.3, 0.4) is 0 Å². The zero-order valence-corrected chi connectivity index (χ0v) is 35.4. The first kappa shape index (κ1) is 36.9. The van der Waals surface area contributed by atoms with Gasteiger partial charge in [0.05, 0.1) is 22.1 Å². The number of furan rings is 1. The fourth-order valence-corrected chi connectivity index (χ4v) is 10.1. The van der Waals surface area contributed by atoms with Crippen LogP contribution in [-0.4, -0.2) is 4.57 Å². The lowest BCUT2D eigenvalue weighted by molar-refractivity contribution is 0.670. The van der Waals surface area contributed by atoms with Crippen molar-refractivity contribution in [2.75, 3.05) is 4.90 Å². The molecule has 0 saturated carbocycles. The van der Waals surface area contributed by atoms with E-state index in [4.69, 9.17) is 4.42 Å². The topological polar surface area (TPSA) is 21.3 Å². The van der Waals surface area contributed by atoms with Crippen LogP contribution in [0.25, 0.3) is 104 Å². The van der Waals surface area contributed by atoms with Crippen molar-refractivity contribution in [2.24, 2.45) is 0 Å². The number of aromatic nitrogens is 1. The molecule has 3 nitrogen and oxygen atoms in total. The fraction of sp³-hybridized carbons (Fsp3) is 0. The van der Waals surface area contributed by atoms with Gasteiger partial charge in [-0.25, -0.2) is 0 Å². The molecule has 2 aromatic heterocycles. The second-order valence-corrected chi connectivity index (χ2v) is 16.9. The van der Waals surface area contributed by atoms with Crippen LogP contribution in [0.4, 0.5) is 17.1 Å². The number of fused-ring (bicyclic) bond motifs is 9. The quantitative estimate of drug-likeness (QED) is 0.149. The largest absolute Gasteiger partial charge is 0.455 e. The lowest BCUT2D eigenvalue weighted by atomic mass is 9.97. The van der Waals surface area contributed by atoms with Crippen LogP contribution >= 0.6 is 0 Å². The number of benzene rings is 11. The number of rotatable bonds is 7. The maximum atomic E-state index is 6.88. The Morgan fingerprint density at radius 1 is 0.338 bits per heavy atom. The Morgan fingerprint density at radius 2 is 0.923 bits per heavy atom. The Hall–Kier alpha value is -8.66. The van der Waals surface area contributed by atoms with Gasteiger partial charge < -0.3 is 13.9 Å². The van der Waals surface area contributed by atoms with Crippen LogP contribution in [-0.2, 0) is 0 Å². The normalized spacial score (nSPS) is 11.7. The highest BCUT2D eigenvalue weighted by Gasteiger charge is 2.23. The number of anilines is 3. The summed E-state index contributed by atoms with van der Waals surface area (Å²) in [6.45, 7) is 0. The van der Waals surface area contributed by atoms with E-state index in [0.29, 0.717) is 0 Å². The van der Waals surface area contributed by atoms with Gasteiger partial charge >= 0.3 is 0 Å². The molecule has 0 amide bonds. The Morgan fingerprint density at radius 3 is 1.75 bits per heavy atom. The summed E-state index contributed by atoms with van der Waals surface area (Å²) in [5.74, 6) is 0. The predicted molar refractivity (Wildman–Crippen MR) is 274 cm³/mol. The van der Waals surface area contributed by atoms with E-state index in [2.05, 4.69) is 252 Å². The fourth-order valence-electron chi connectivity index (χ4n) is 10.1. The standard InChI is InChI=1S/C62H40N2O/c1-3-13-41(14-4-1)42-23-25-45(26-24-42)53-36-38-59(61-55-20-10-12-22-60(55)65-62(53)61)63(50-34-35-52-47(39-50)28-27-44-15-7-8-18-51(44)52)49-32-29-43(30-33-49)46-31-37-58-56(40-46)54-19-9-11-21-57(54)64(58)48-16-5-2-6-17-48/h1-40H. The van der Waals surface area contributed by atoms with E-state index in [-0.39, 0.29) is 0 Å². The van der Waals surface area contributed by atoms with Gasteiger partial charge in [-0.1, -0.05) is 170 Å². The summed E-state index contributed by atoms with van der Waals surface area (Å²) in [6, 6.07) is 87.6. The molecule has 0 fully saturated rings. The van der Waals surface area contributed by atoms with Crippen LogP contribution in [0.1, 0.15) is 0 Å². The van der Waals surface area contributed by atoms with Crippen molar-refractivity contribution in [3.05, 3.63) is 243 Å². The molecule has 0 atom stereocenters. The third-order valence-corrected chi connectivity index (χ3v) is 13.2.